The second-order valence-electron chi connectivity index (χ2n) is 12.5. The molecule has 6 nitrogen and oxygen atoms in total. The van der Waals surface area contributed by atoms with Crippen LogP contribution in [0.4, 0.5) is 0 Å². The number of hydrogen-bond acceptors (Lipinski definition) is 3. The van der Waals surface area contributed by atoms with Crippen LogP contribution >= 0.6 is 0 Å². The number of carboxylic acid groups (broad SMARTS) is 1. The van der Waals surface area contributed by atoms with E-state index >= 15 is 0 Å². The van der Waals surface area contributed by atoms with E-state index in [-0.39, 0.29) is 23.3 Å². The standard InChI is InChI=1S/C33H46N2O4/c1-22(2)27(20-23(3)31(38)39)35(9)30(37)28(32(4,5)6)34-29(36)26(21-24-16-12-10-13-17-24)33(7,8)25-18-14-11-15-19-25/h10-20,22,26-28H,21H2,1-9H3,(H,34,36)(H,38,39)/b23-20+/t26-,27-,28-/m1/s1. The number of rotatable bonds is 11. The highest BCUT2D eigenvalue weighted by Gasteiger charge is 2.42. The molecule has 0 aromatic heterocycles. The van der Waals surface area contributed by atoms with Gasteiger partial charge in [0.05, 0.1) is 12.0 Å². The summed E-state index contributed by atoms with van der Waals surface area (Å²) in [7, 11) is 1.68. The van der Waals surface area contributed by atoms with Gasteiger partial charge in [0.2, 0.25) is 11.8 Å². The maximum atomic E-state index is 14.2. The minimum Gasteiger partial charge on any atom is -0.478 e. The number of carbonyl (C=O) groups is 3. The maximum absolute atomic E-state index is 14.2. The molecular formula is C33H46N2O4. The summed E-state index contributed by atoms with van der Waals surface area (Å²) in [5, 5.41) is 12.6. The number of carbonyl (C=O) groups excluding carboxylic acids is 2. The Bertz CT molecular complexity index is 1150. The minimum absolute atomic E-state index is 0.0209. The fourth-order valence-electron chi connectivity index (χ4n) is 4.92. The Labute approximate surface area is 234 Å². The number of nitrogens with zero attached hydrogens (tertiary/aromatic N) is 1. The van der Waals surface area contributed by atoms with E-state index in [1.54, 1.807) is 18.0 Å². The smallest absolute Gasteiger partial charge is 0.331 e. The Morgan fingerprint density at radius 2 is 1.44 bits per heavy atom. The first kappa shape index (κ1) is 31.8. The van der Waals surface area contributed by atoms with Crippen LogP contribution in [-0.2, 0) is 26.2 Å². The Morgan fingerprint density at radius 3 is 1.90 bits per heavy atom. The summed E-state index contributed by atoms with van der Waals surface area (Å²) in [6, 6.07) is 18.7. The van der Waals surface area contributed by atoms with E-state index in [4.69, 9.17) is 0 Å². The Kier molecular flexibility index (Phi) is 10.7. The molecule has 0 aliphatic rings. The third-order valence-electron chi connectivity index (χ3n) is 7.62. The first-order chi connectivity index (χ1) is 18.1. The summed E-state index contributed by atoms with van der Waals surface area (Å²) < 4.78 is 0. The molecular weight excluding hydrogens is 488 g/mol. The SMILES string of the molecule is C/C(=C\[C@H](C(C)C)N(C)C(=O)[C@@H](NC(=O)[C@@H](Cc1ccccc1)C(C)(C)c1ccccc1)C(C)(C)C)C(=O)O. The zero-order chi connectivity index (χ0) is 29.5. The molecule has 2 N–H and O–H groups in total. The van der Waals surface area contributed by atoms with Crippen LogP contribution in [0.5, 0.6) is 0 Å². The molecule has 0 aliphatic heterocycles. The van der Waals surface area contributed by atoms with Crippen LogP contribution in [0.2, 0.25) is 0 Å². The minimum atomic E-state index is -1.02. The van der Waals surface area contributed by atoms with Crippen molar-refractivity contribution in [3.05, 3.63) is 83.4 Å². The summed E-state index contributed by atoms with van der Waals surface area (Å²) in [6.07, 6.45) is 2.13. The average Bonchev–Trinajstić information content (AvgIpc) is 2.88. The Hall–Kier alpha value is -3.41. The van der Waals surface area contributed by atoms with Crippen LogP contribution in [0.1, 0.15) is 66.5 Å². The highest BCUT2D eigenvalue weighted by Crippen LogP contribution is 2.35. The molecule has 212 valence electrons. The van der Waals surface area contributed by atoms with Gasteiger partial charge in [-0.15, -0.1) is 0 Å². The highest BCUT2D eigenvalue weighted by molar-refractivity contribution is 5.90. The molecule has 0 saturated heterocycles. The van der Waals surface area contributed by atoms with Gasteiger partial charge < -0.3 is 15.3 Å². The zero-order valence-electron chi connectivity index (χ0n) is 25.0. The molecule has 2 rings (SSSR count). The first-order valence-electron chi connectivity index (χ1n) is 13.7. The van der Waals surface area contributed by atoms with Crippen LogP contribution < -0.4 is 5.32 Å². The summed E-state index contributed by atoms with van der Waals surface area (Å²) >= 11 is 0. The van der Waals surface area contributed by atoms with Gasteiger partial charge in [-0.05, 0) is 35.8 Å². The van der Waals surface area contributed by atoms with Crippen molar-refractivity contribution in [1.29, 1.82) is 0 Å². The first-order valence-corrected chi connectivity index (χ1v) is 13.7. The van der Waals surface area contributed by atoms with E-state index < -0.39 is 34.8 Å². The third-order valence-corrected chi connectivity index (χ3v) is 7.62. The Balaban J connectivity index is 2.47. The van der Waals surface area contributed by atoms with Crippen molar-refractivity contribution in [3.63, 3.8) is 0 Å². The van der Waals surface area contributed by atoms with Gasteiger partial charge in [-0.2, -0.15) is 0 Å². The van der Waals surface area contributed by atoms with Crippen molar-refractivity contribution in [1.82, 2.24) is 10.2 Å². The maximum Gasteiger partial charge on any atom is 0.331 e. The average molecular weight is 535 g/mol. The lowest BCUT2D eigenvalue weighted by atomic mass is 9.70. The van der Waals surface area contributed by atoms with Crippen molar-refractivity contribution in [2.24, 2.45) is 17.3 Å². The molecule has 0 spiro atoms. The molecule has 39 heavy (non-hydrogen) atoms. The molecule has 0 unspecified atom stereocenters. The topological polar surface area (TPSA) is 86.7 Å². The number of likely N-dealkylation sites (N-methyl/N-ethyl adjacent to an activating group) is 1. The Morgan fingerprint density at radius 1 is 0.923 bits per heavy atom. The predicted molar refractivity (Wildman–Crippen MR) is 157 cm³/mol. The molecule has 3 atom stereocenters. The molecule has 0 radical (unpaired) electrons. The number of hydrogen-bond donors (Lipinski definition) is 2. The number of amides is 2. The van der Waals surface area contributed by atoms with E-state index in [2.05, 4.69) is 19.2 Å². The van der Waals surface area contributed by atoms with Crippen molar-refractivity contribution in [2.75, 3.05) is 7.05 Å². The van der Waals surface area contributed by atoms with Gasteiger partial charge in [-0.1, -0.05) is 115 Å². The second kappa shape index (κ2) is 13.1. The van der Waals surface area contributed by atoms with E-state index in [0.29, 0.717) is 6.42 Å². The zero-order valence-corrected chi connectivity index (χ0v) is 25.0. The van der Waals surface area contributed by atoms with E-state index in [1.807, 2.05) is 95.3 Å². The molecule has 2 aromatic carbocycles. The lowest BCUT2D eigenvalue weighted by Gasteiger charge is -2.40. The lowest BCUT2D eigenvalue weighted by Crippen LogP contribution is -2.58. The van der Waals surface area contributed by atoms with Gasteiger partial charge in [-0.25, -0.2) is 4.79 Å². The van der Waals surface area contributed by atoms with E-state index in [0.717, 1.165) is 11.1 Å². The van der Waals surface area contributed by atoms with Gasteiger partial charge in [0.1, 0.15) is 6.04 Å². The number of nitrogens with one attached hydrogen (secondary N) is 1. The summed E-state index contributed by atoms with van der Waals surface area (Å²) in [4.78, 5) is 41.2. The molecule has 0 aliphatic carbocycles. The number of aliphatic carboxylic acids is 1. The lowest BCUT2D eigenvalue weighted by molar-refractivity contribution is -0.141. The fraction of sp³-hybridized carbons (Fsp3) is 0.485. The van der Waals surface area contributed by atoms with Crippen LogP contribution in [0.15, 0.2) is 72.3 Å². The third kappa shape index (κ3) is 8.29. The monoisotopic (exact) mass is 534 g/mol. The van der Waals surface area contributed by atoms with Gasteiger partial charge in [-0.3, -0.25) is 9.59 Å². The molecule has 2 amide bonds. The normalized spacial score (nSPS) is 14.9. The van der Waals surface area contributed by atoms with Crippen molar-refractivity contribution in [2.45, 2.75) is 79.3 Å². The molecule has 0 saturated carbocycles. The largest absolute Gasteiger partial charge is 0.478 e. The van der Waals surface area contributed by atoms with E-state index in [1.165, 1.54) is 6.92 Å². The quantitative estimate of drug-likeness (QED) is 0.353. The molecule has 0 fully saturated rings. The van der Waals surface area contributed by atoms with E-state index in [9.17, 15) is 19.5 Å². The fourth-order valence-corrected chi connectivity index (χ4v) is 4.92. The molecule has 0 bridgehead atoms. The van der Waals surface area contributed by atoms with Crippen LogP contribution in [0.3, 0.4) is 0 Å². The van der Waals surface area contributed by atoms with Gasteiger partial charge in [0.25, 0.3) is 0 Å². The molecule has 6 heteroatoms. The number of carboxylic acids is 1. The van der Waals surface area contributed by atoms with Gasteiger partial charge >= 0.3 is 5.97 Å². The number of benzene rings is 2. The van der Waals surface area contributed by atoms with Crippen molar-refractivity contribution < 1.29 is 19.5 Å². The predicted octanol–water partition coefficient (Wildman–Crippen LogP) is 5.87. The summed E-state index contributed by atoms with van der Waals surface area (Å²) in [5.74, 6) is -1.92. The molecule has 0 heterocycles. The summed E-state index contributed by atoms with van der Waals surface area (Å²) in [6.45, 7) is 15.4. The van der Waals surface area contributed by atoms with Crippen LogP contribution in [-0.4, -0.2) is 46.9 Å². The molecule has 2 aromatic rings. The highest BCUT2D eigenvalue weighted by atomic mass is 16.4. The van der Waals surface area contributed by atoms with Crippen molar-refractivity contribution in [3.8, 4) is 0 Å². The van der Waals surface area contributed by atoms with Gasteiger partial charge in [0.15, 0.2) is 0 Å². The van der Waals surface area contributed by atoms with Crippen molar-refractivity contribution >= 4 is 17.8 Å². The van der Waals surface area contributed by atoms with Gasteiger partial charge in [0, 0.05) is 18.0 Å². The second-order valence-corrected chi connectivity index (χ2v) is 12.5. The van der Waals surface area contributed by atoms with Crippen LogP contribution in [0, 0.1) is 17.3 Å². The van der Waals surface area contributed by atoms with Crippen LogP contribution in [0.25, 0.3) is 0 Å². The summed E-state index contributed by atoms with van der Waals surface area (Å²) in [5.41, 5.74) is 1.18.